The molecule has 0 aliphatic carbocycles. The summed E-state index contributed by atoms with van der Waals surface area (Å²) in [5, 5.41) is 18.4. The van der Waals surface area contributed by atoms with Gasteiger partial charge in [-0.3, -0.25) is 14.4 Å². The Morgan fingerprint density at radius 2 is 1.26 bits per heavy atom. The summed E-state index contributed by atoms with van der Waals surface area (Å²) >= 11 is 0. The van der Waals surface area contributed by atoms with Gasteiger partial charge in [-0.05, 0) is 36.6 Å². The number of carbonyl (C=O) groups is 3. The van der Waals surface area contributed by atoms with Crippen molar-refractivity contribution in [3.05, 3.63) is 80.5 Å². The van der Waals surface area contributed by atoms with Gasteiger partial charge in [-0.25, -0.2) is 9.59 Å². The van der Waals surface area contributed by atoms with Crippen LogP contribution in [0.3, 0.4) is 0 Å². The van der Waals surface area contributed by atoms with Crippen molar-refractivity contribution in [3.8, 4) is 11.5 Å². The summed E-state index contributed by atoms with van der Waals surface area (Å²) in [4.78, 5) is 60.5. The molecule has 2 N–H and O–H groups in total. The van der Waals surface area contributed by atoms with E-state index in [0.29, 0.717) is 12.3 Å². The standard InChI is InChI=1S/C30H28O12/c1-16(2)6-3-11-26(33)40-17(14-38-20-7-4-9-22-27(20)18(31)12-24(41-22)29(34)35)15-39-21-8-5-10-23-28(21)19(32)13-25(42-23)30(36)37/h4-5,7-10,12-13,16-17H,3,6,11,14-15H2,1-2H3,(H,34,35)(H,36,37). The molecule has 0 bridgehead atoms. The zero-order chi connectivity index (χ0) is 30.4. The van der Waals surface area contributed by atoms with Crippen molar-refractivity contribution in [2.24, 2.45) is 5.92 Å². The van der Waals surface area contributed by atoms with E-state index in [1.54, 1.807) is 0 Å². The molecule has 0 amide bonds. The lowest BCUT2D eigenvalue weighted by Gasteiger charge is -2.20. The number of hydrogen-bond donors (Lipinski definition) is 2. The van der Waals surface area contributed by atoms with Crippen LogP contribution < -0.4 is 20.3 Å². The van der Waals surface area contributed by atoms with Crippen LogP contribution in [-0.2, 0) is 9.53 Å². The molecule has 2 heterocycles. The molecule has 12 heteroatoms. The molecule has 0 atom stereocenters. The van der Waals surface area contributed by atoms with Crippen LogP contribution in [0.2, 0.25) is 0 Å². The fraction of sp³-hybridized carbons (Fsp3) is 0.300. The van der Waals surface area contributed by atoms with Gasteiger partial charge in [-0.15, -0.1) is 0 Å². The van der Waals surface area contributed by atoms with E-state index in [0.717, 1.165) is 18.6 Å². The van der Waals surface area contributed by atoms with Crippen molar-refractivity contribution in [1.29, 1.82) is 0 Å². The lowest BCUT2D eigenvalue weighted by Crippen LogP contribution is -2.31. The highest BCUT2D eigenvalue weighted by atomic mass is 16.6. The van der Waals surface area contributed by atoms with Gasteiger partial charge < -0.3 is 33.3 Å². The highest BCUT2D eigenvalue weighted by molar-refractivity contribution is 5.90. The molecule has 42 heavy (non-hydrogen) atoms. The third kappa shape index (κ3) is 7.14. The minimum absolute atomic E-state index is 0.000842. The van der Waals surface area contributed by atoms with Gasteiger partial charge >= 0.3 is 17.9 Å². The number of benzene rings is 2. The molecule has 0 fully saturated rings. The van der Waals surface area contributed by atoms with Gasteiger partial charge in [0.05, 0.1) is 0 Å². The summed E-state index contributed by atoms with van der Waals surface area (Å²) in [6.45, 7) is 3.54. The van der Waals surface area contributed by atoms with Crippen molar-refractivity contribution >= 4 is 39.8 Å². The Bertz CT molecular complexity index is 1630. The van der Waals surface area contributed by atoms with Gasteiger partial charge in [0, 0.05) is 18.6 Å². The van der Waals surface area contributed by atoms with Crippen LogP contribution in [-0.4, -0.2) is 47.4 Å². The summed E-state index contributed by atoms with van der Waals surface area (Å²) in [5.74, 6) is -3.80. The van der Waals surface area contributed by atoms with Crippen LogP contribution in [0.15, 0.2) is 67.0 Å². The second-order valence-corrected chi connectivity index (χ2v) is 9.84. The Morgan fingerprint density at radius 1 is 0.786 bits per heavy atom. The fourth-order valence-corrected chi connectivity index (χ4v) is 4.19. The van der Waals surface area contributed by atoms with Crippen LogP contribution >= 0.6 is 0 Å². The Labute approximate surface area is 238 Å². The summed E-state index contributed by atoms with van der Waals surface area (Å²) in [5.41, 5.74) is -1.27. The van der Waals surface area contributed by atoms with Crippen molar-refractivity contribution < 1.29 is 47.6 Å². The van der Waals surface area contributed by atoms with E-state index in [1.165, 1.54) is 36.4 Å². The van der Waals surface area contributed by atoms with Gasteiger partial charge in [-0.2, -0.15) is 0 Å². The van der Waals surface area contributed by atoms with Gasteiger partial charge in [0.15, 0.2) is 17.0 Å². The number of hydrogen-bond acceptors (Lipinski definition) is 10. The Morgan fingerprint density at radius 3 is 1.69 bits per heavy atom. The molecule has 0 saturated carbocycles. The smallest absolute Gasteiger partial charge is 0.371 e. The van der Waals surface area contributed by atoms with Crippen LogP contribution in [0.5, 0.6) is 11.5 Å². The first-order valence-electron chi connectivity index (χ1n) is 13.1. The number of carboxylic acid groups (broad SMARTS) is 2. The van der Waals surface area contributed by atoms with Crippen LogP contribution in [0.1, 0.15) is 54.2 Å². The highest BCUT2D eigenvalue weighted by Gasteiger charge is 2.21. The lowest BCUT2D eigenvalue weighted by atomic mass is 10.1. The molecule has 2 aromatic carbocycles. The summed E-state index contributed by atoms with van der Waals surface area (Å²) in [7, 11) is 0. The van der Waals surface area contributed by atoms with E-state index in [9.17, 15) is 34.2 Å². The number of aromatic carboxylic acids is 2. The Kier molecular flexibility index (Phi) is 9.25. The molecule has 4 rings (SSSR count). The predicted molar refractivity (Wildman–Crippen MR) is 148 cm³/mol. The number of rotatable bonds is 13. The first-order chi connectivity index (χ1) is 20.0. The third-order valence-corrected chi connectivity index (χ3v) is 6.16. The molecule has 4 aromatic rings. The largest absolute Gasteiger partial charge is 0.489 e. The zero-order valence-electron chi connectivity index (χ0n) is 22.8. The molecular formula is C30H28O12. The number of ether oxygens (including phenoxy) is 3. The highest BCUT2D eigenvalue weighted by Crippen LogP contribution is 2.26. The van der Waals surface area contributed by atoms with Crippen molar-refractivity contribution in [1.82, 2.24) is 0 Å². The van der Waals surface area contributed by atoms with Gasteiger partial charge in [0.25, 0.3) is 0 Å². The lowest BCUT2D eigenvalue weighted by molar-refractivity contribution is -0.152. The van der Waals surface area contributed by atoms with E-state index in [-0.39, 0.29) is 53.1 Å². The first kappa shape index (κ1) is 29.8. The molecule has 2 aromatic heterocycles. The summed E-state index contributed by atoms with van der Waals surface area (Å²) in [6, 6.07) is 10.5. The van der Waals surface area contributed by atoms with E-state index in [1.807, 2.05) is 13.8 Å². The second-order valence-electron chi connectivity index (χ2n) is 9.84. The molecule has 0 spiro atoms. The maximum atomic E-state index is 12.7. The van der Waals surface area contributed by atoms with E-state index in [2.05, 4.69) is 0 Å². The van der Waals surface area contributed by atoms with Crippen molar-refractivity contribution in [2.75, 3.05) is 13.2 Å². The van der Waals surface area contributed by atoms with E-state index in [4.69, 9.17) is 23.0 Å². The average molecular weight is 581 g/mol. The third-order valence-electron chi connectivity index (χ3n) is 6.16. The predicted octanol–water partition coefficient (Wildman–Crippen LogP) is 4.49. The molecule has 220 valence electrons. The van der Waals surface area contributed by atoms with Crippen LogP contribution in [0.4, 0.5) is 0 Å². The summed E-state index contributed by atoms with van der Waals surface area (Å²) in [6.07, 6.45) is 0.580. The fourth-order valence-electron chi connectivity index (χ4n) is 4.19. The molecule has 0 aliphatic heterocycles. The monoisotopic (exact) mass is 580 g/mol. The molecule has 0 radical (unpaired) electrons. The molecule has 0 aliphatic rings. The van der Waals surface area contributed by atoms with Crippen LogP contribution in [0.25, 0.3) is 21.9 Å². The van der Waals surface area contributed by atoms with Crippen molar-refractivity contribution in [3.63, 3.8) is 0 Å². The average Bonchev–Trinajstić information content (AvgIpc) is 2.93. The van der Waals surface area contributed by atoms with Gasteiger partial charge in [-0.1, -0.05) is 32.4 Å². The Hall–Kier alpha value is -5.13. The molecule has 0 saturated heterocycles. The van der Waals surface area contributed by atoms with Crippen molar-refractivity contribution in [2.45, 2.75) is 39.2 Å². The quantitative estimate of drug-likeness (QED) is 0.212. The van der Waals surface area contributed by atoms with Gasteiger partial charge in [0.2, 0.25) is 11.5 Å². The number of esters is 1. The maximum absolute atomic E-state index is 12.7. The number of carbonyl (C=O) groups excluding carboxylic acids is 1. The maximum Gasteiger partial charge on any atom is 0.371 e. The number of carboxylic acids is 2. The van der Waals surface area contributed by atoms with Crippen LogP contribution in [0, 0.1) is 5.92 Å². The van der Waals surface area contributed by atoms with Gasteiger partial charge in [0.1, 0.15) is 46.7 Å². The number of fused-ring (bicyclic) bond motifs is 2. The van der Waals surface area contributed by atoms with E-state index >= 15 is 0 Å². The summed E-state index contributed by atoms with van der Waals surface area (Å²) < 4.78 is 27.9. The SMILES string of the molecule is CC(C)CCCC(=O)OC(COc1cccc2oc(C(=O)O)cc(=O)c12)COc1cccc2oc(C(=O)O)cc(=O)c12. The van der Waals surface area contributed by atoms with E-state index < -0.39 is 46.4 Å². The Balaban J connectivity index is 1.57. The minimum atomic E-state index is -1.40. The topological polar surface area (TPSA) is 180 Å². The normalized spacial score (nSPS) is 11.2. The molecular weight excluding hydrogens is 552 g/mol. The second kappa shape index (κ2) is 13.0. The minimum Gasteiger partial charge on any atom is -0.489 e. The first-order valence-corrected chi connectivity index (χ1v) is 13.1. The zero-order valence-corrected chi connectivity index (χ0v) is 22.8. The molecule has 12 nitrogen and oxygen atoms in total. The molecule has 0 unspecified atom stereocenters.